The van der Waals surface area contributed by atoms with Crippen LogP contribution in [0.5, 0.6) is 0 Å². The number of benzene rings is 1. The summed E-state index contributed by atoms with van der Waals surface area (Å²) in [5.41, 5.74) is 1.96. The van der Waals surface area contributed by atoms with Crippen LogP contribution in [-0.4, -0.2) is 10.9 Å². The molecule has 0 spiro atoms. The van der Waals surface area contributed by atoms with E-state index in [9.17, 15) is 9.18 Å². The van der Waals surface area contributed by atoms with Crippen LogP contribution < -0.4 is 5.32 Å². The molecule has 0 saturated carbocycles. The first-order chi connectivity index (χ1) is 9.16. The minimum Gasteiger partial charge on any atom is -0.364 e. The van der Waals surface area contributed by atoms with E-state index >= 15 is 0 Å². The van der Waals surface area contributed by atoms with Crippen molar-refractivity contribution in [2.45, 2.75) is 13.5 Å². The number of allylic oxidation sites excluding steroid dienone is 1. The van der Waals surface area contributed by atoms with E-state index in [1.807, 2.05) is 12.1 Å². The quantitative estimate of drug-likeness (QED) is 0.814. The van der Waals surface area contributed by atoms with Gasteiger partial charge in [-0.15, -0.1) is 0 Å². The van der Waals surface area contributed by atoms with Gasteiger partial charge in [0.05, 0.1) is 6.54 Å². The first kappa shape index (κ1) is 13.1. The number of aromatic nitrogens is 1. The lowest BCUT2D eigenvalue weighted by atomic mass is 10.1. The largest absolute Gasteiger partial charge is 0.364 e. The summed E-state index contributed by atoms with van der Waals surface area (Å²) < 4.78 is 13.5. The molecule has 0 unspecified atom stereocenters. The fraction of sp³-hybridized carbons (Fsp3) is 0.133. The molecule has 0 aliphatic rings. The number of carbonyl (C=O) groups excluding carboxylic acids is 1. The number of hydrogen-bond donors (Lipinski definition) is 2. The van der Waals surface area contributed by atoms with Gasteiger partial charge in [0.25, 0.3) is 0 Å². The normalized spacial score (nSPS) is 11.4. The molecular weight excluding hydrogens is 243 g/mol. The van der Waals surface area contributed by atoms with E-state index in [0.29, 0.717) is 17.7 Å². The van der Waals surface area contributed by atoms with Gasteiger partial charge in [-0.25, -0.2) is 4.39 Å². The predicted octanol–water partition coefficient (Wildman–Crippen LogP) is 2.87. The van der Waals surface area contributed by atoms with Gasteiger partial charge < -0.3 is 10.3 Å². The zero-order chi connectivity index (χ0) is 13.7. The fourth-order valence-electron chi connectivity index (χ4n) is 1.77. The standard InChI is InChI=1S/C15H15FN2O/c1-11(13-6-2-3-7-14(13)16)9-15(19)18-10-12-5-4-8-17-12/h2-9,17H,10H2,1H3,(H,18,19)/b11-9+. The molecule has 19 heavy (non-hydrogen) atoms. The van der Waals surface area contributed by atoms with Crippen LogP contribution in [0.1, 0.15) is 18.2 Å². The van der Waals surface area contributed by atoms with Crippen molar-refractivity contribution >= 4 is 11.5 Å². The third-order valence-electron chi connectivity index (χ3n) is 2.76. The molecule has 0 radical (unpaired) electrons. The van der Waals surface area contributed by atoms with Gasteiger partial charge in [-0.05, 0) is 30.7 Å². The second-order valence-corrected chi connectivity index (χ2v) is 4.22. The smallest absolute Gasteiger partial charge is 0.244 e. The van der Waals surface area contributed by atoms with Gasteiger partial charge in [0, 0.05) is 23.5 Å². The Kier molecular flexibility index (Phi) is 4.13. The van der Waals surface area contributed by atoms with Gasteiger partial charge in [0.1, 0.15) is 5.82 Å². The van der Waals surface area contributed by atoms with Crippen LogP contribution in [0.3, 0.4) is 0 Å². The van der Waals surface area contributed by atoms with Crippen molar-refractivity contribution in [3.05, 3.63) is 65.7 Å². The van der Waals surface area contributed by atoms with E-state index in [-0.39, 0.29) is 11.7 Å². The second-order valence-electron chi connectivity index (χ2n) is 4.22. The number of nitrogens with one attached hydrogen (secondary N) is 2. The molecule has 3 nitrogen and oxygen atoms in total. The van der Waals surface area contributed by atoms with Crippen molar-refractivity contribution in [3.8, 4) is 0 Å². The summed E-state index contributed by atoms with van der Waals surface area (Å²) in [5.74, 6) is -0.566. The van der Waals surface area contributed by atoms with Crippen LogP contribution >= 0.6 is 0 Å². The third-order valence-corrected chi connectivity index (χ3v) is 2.76. The van der Waals surface area contributed by atoms with E-state index in [4.69, 9.17) is 0 Å². The molecule has 2 aromatic rings. The van der Waals surface area contributed by atoms with Crippen molar-refractivity contribution in [2.24, 2.45) is 0 Å². The summed E-state index contributed by atoms with van der Waals surface area (Å²) in [6.07, 6.45) is 3.20. The van der Waals surface area contributed by atoms with Gasteiger partial charge in [-0.1, -0.05) is 18.2 Å². The van der Waals surface area contributed by atoms with Crippen LogP contribution in [0.15, 0.2) is 48.7 Å². The van der Waals surface area contributed by atoms with Gasteiger partial charge in [-0.3, -0.25) is 4.79 Å². The molecule has 0 aliphatic heterocycles. The molecule has 0 saturated heterocycles. The van der Waals surface area contributed by atoms with Crippen LogP contribution in [0.4, 0.5) is 4.39 Å². The van der Waals surface area contributed by atoms with Crippen LogP contribution in [0.2, 0.25) is 0 Å². The summed E-state index contributed by atoms with van der Waals surface area (Å²) >= 11 is 0. The Bertz CT molecular complexity index is 588. The van der Waals surface area contributed by atoms with Gasteiger partial charge in [0.15, 0.2) is 0 Å². The molecule has 1 aromatic heterocycles. The number of H-pyrrole nitrogens is 1. The number of aromatic amines is 1. The van der Waals surface area contributed by atoms with Crippen molar-refractivity contribution in [2.75, 3.05) is 0 Å². The van der Waals surface area contributed by atoms with Crippen molar-refractivity contribution in [1.29, 1.82) is 0 Å². The average molecular weight is 258 g/mol. The molecule has 0 aliphatic carbocycles. The topological polar surface area (TPSA) is 44.9 Å². The maximum atomic E-state index is 13.5. The summed E-state index contributed by atoms with van der Waals surface area (Å²) in [4.78, 5) is 14.7. The maximum Gasteiger partial charge on any atom is 0.244 e. The minimum atomic E-state index is -0.326. The fourth-order valence-corrected chi connectivity index (χ4v) is 1.77. The lowest BCUT2D eigenvalue weighted by Gasteiger charge is -2.04. The van der Waals surface area contributed by atoms with Crippen LogP contribution in [0.25, 0.3) is 5.57 Å². The van der Waals surface area contributed by atoms with Gasteiger partial charge >= 0.3 is 0 Å². The number of hydrogen-bond acceptors (Lipinski definition) is 1. The monoisotopic (exact) mass is 258 g/mol. The highest BCUT2D eigenvalue weighted by Gasteiger charge is 2.05. The van der Waals surface area contributed by atoms with Crippen molar-refractivity contribution in [3.63, 3.8) is 0 Å². The van der Waals surface area contributed by atoms with E-state index < -0.39 is 0 Å². The molecule has 0 fully saturated rings. The molecule has 98 valence electrons. The number of halogens is 1. The Morgan fingerprint density at radius 3 is 2.79 bits per heavy atom. The second kappa shape index (κ2) is 6.00. The number of carbonyl (C=O) groups is 1. The molecule has 1 amide bonds. The van der Waals surface area contributed by atoms with Crippen molar-refractivity contribution in [1.82, 2.24) is 10.3 Å². The first-order valence-electron chi connectivity index (χ1n) is 6.00. The molecular formula is C15H15FN2O. The predicted molar refractivity (Wildman–Crippen MR) is 72.7 cm³/mol. The summed E-state index contributed by atoms with van der Waals surface area (Å²) in [6, 6.07) is 10.1. The summed E-state index contributed by atoms with van der Waals surface area (Å²) in [7, 11) is 0. The van der Waals surface area contributed by atoms with E-state index in [0.717, 1.165) is 5.69 Å². The van der Waals surface area contributed by atoms with Crippen LogP contribution in [-0.2, 0) is 11.3 Å². The van der Waals surface area contributed by atoms with Gasteiger partial charge in [0.2, 0.25) is 5.91 Å². The number of rotatable bonds is 4. The highest BCUT2D eigenvalue weighted by atomic mass is 19.1. The van der Waals surface area contributed by atoms with E-state index in [1.165, 1.54) is 12.1 Å². The zero-order valence-electron chi connectivity index (χ0n) is 10.6. The molecule has 2 N–H and O–H groups in total. The highest BCUT2D eigenvalue weighted by molar-refractivity contribution is 5.94. The highest BCUT2D eigenvalue weighted by Crippen LogP contribution is 2.16. The molecule has 0 bridgehead atoms. The Morgan fingerprint density at radius 1 is 1.32 bits per heavy atom. The minimum absolute atomic E-state index is 0.240. The molecule has 0 atom stereocenters. The molecule has 1 heterocycles. The van der Waals surface area contributed by atoms with E-state index in [2.05, 4.69) is 10.3 Å². The third kappa shape index (κ3) is 3.55. The number of amides is 1. The maximum absolute atomic E-state index is 13.5. The average Bonchev–Trinajstić information content (AvgIpc) is 2.90. The first-order valence-corrected chi connectivity index (χ1v) is 6.00. The zero-order valence-corrected chi connectivity index (χ0v) is 10.6. The molecule has 1 aromatic carbocycles. The van der Waals surface area contributed by atoms with Crippen molar-refractivity contribution < 1.29 is 9.18 Å². The summed E-state index contributed by atoms with van der Waals surface area (Å²) in [5, 5.41) is 2.74. The van der Waals surface area contributed by atoms with E-state index in [1.54, 1.807) is 31.3 Å². The Balaban J connectivity index is 2.00. The lowest BCUT2D eigenvalue weighted by Crippen LogP contribution is -2.20. The van der Waals surface area contributed by atoms with Gasteiger partial charge in [-0.2, -0.15) is 0 Å². The SMILES string of the molecule is C/C(=C\C(=O)NCc1ccc[nH]1)c1ccccc1F. The summed E-state index contributed by atoms with van der Waals surface area (Å²) in [6.45, 7) is 2.14. The molecule has 4 heteroatoms. The Hall–Kier alpha value is -2.36. The lowest BCUT2D eigenvalue weighted by molar-refractivity contribution is -0.116. The van der Waals surface area contributed by atoms with Crippen LogP contribution in [0, 0.1) is 5.82 Å². The molecule has 2 rings (SSSR count). The Labute approximate surface area is 111 Å². The Morgan fingerprint density at radius 2 is 2.11 bits per heavy atom.